The largest absolute Gasteiger partial charge is 0.352 e. The van der Waals surface area contributed by atoms with Crippen LogP contribution in [0.25, 0.3) is 0 Å². The summed E-state index contributed by atoms with van der Waals surface area (Å²) in [6, 6.07) is 3.40. The zero-order valence-electron chi connectivity index (χ0n) is 18.1. The van der Waals surface area contributed by atoms with E-state index in [-0.39, 0.29) is 17.7 Å². The fraction of sp³-hybridized carbons (Fsp3) is 0.500. The Labute approximate surface area is 192 Å². The molecule has 0 radical (unpaired) electrons. The molecule has 2 aliphatic rings. The number of pyridine rings is 1. The quantitative estimate of drug-likeness (QED) is 0.666. The van der Waals surface area contributed by atoms with Gasteiger partial charge in [-0.05, 0) is 62.1 Å². The van der Waals surface area contributed by atoms with Gasteiger partial charge in [0, 0.05) is 36.9 Å². The van der Waals surface area contributed by atoms with Crippen molar-refractivity contribution in [3.8, 4) is 0 Å². The number of amides is 2. The minimum absolute atomic E-state index is 0.170. The molecule has 32 heavy (non-hydrogen) atoms. The molecule has 0 atom stereocenters. The summed E-state index contributed by atoms with van der Waals surface area (Å²) >= 11 is 1.49. The number of thiophene rings is 1. The molecular formula is C22H28N4O4S2. The van der Waals surface area contributed by atoms with Crippen LogP contribution in [0.15, 0.2) is 24.5 Å². The van der Waals surface area contributed by atoms with E-state index in [0.29, 0.717) is 35.8 Å². The van der Waals surface area contributed by atoms with Crippen molar-refractivity contribution in [2.45, 2.75) is 38.5 Å². The van der Waals surface area contributed by atoms with Crippen LogP contribution in [-0.4, -0.2) is 55.4 Å². The van der Waals surface area contributed by atoms with Gasteiger partial charge in [0.05, 0.1) is 17.4 Å². The number of rotatable bonds is 6. The Balaban J connectivity index is 1.45. The third-order valence-electron chi connectivity index (χ3n) is 6.14. The van der Waals surface area contributed by atoms with Gasteiger partial charge in [0.15, 0.2) is 0 Å². The van der Waals surface area contributed by atoms with Gasteiger partial charge < -0.3 is 10.6 Å². The fourth-order valence-corrected chi connectivity index (χ4v) is 6.49. The Kier molecular flexibility index (Phi) is 6.92. The highest BCUT2D eigenvalue weighted by Gasteiger charge is 2.28. The van der Waals surface area contributed by atoms with Crippen molar-refractivity contribution in [1.82, 2.24) is 14.6 Å². The summed E-state index contributed by atoms with van der Waals surface area (Å²) in [5.74, 6) is -0.213. The van der Waals surface area contributed by atoms with Gasteiger partial charge in [0.2, 0.25) is 10.0 Å². The number of carbonyl (C=O) groups is 2. The van der Waals surface area contributed by atoms with Gasteiger partial charge in [-0.15, -0.1) is 11.3 Å². The first-order valence-corrected chi connectivity index (χ1v) is 13.6. The Hall–Kier alpha value is -2.30. The van der Waals surface area contributed by atoms with Gasteiger partial charge in [-0.3, -0.25) is 14.6 Å². The van der Waals surface area contributed by atoms with E-state index in [1.54, 1.807) is 18.3 Å². The number of fused-ring (bicyclic) bond motifs is 1. The summed E-state index contributed by atoms with van der Waals surface area (Å²) in [5, 5.41) is 6.57. The number of sulfonamides is 1. The van der Waals surface area contributed by atoms with Crippen molar-refractivity contribution in [3.63, 3.8) is 0 Å². The molecule has 3 heterocycles. The number of aryl methyl sites for hydroxylation is 1. The van der Waals surface area contributed by atoms with E-state index in [1.165, 1.54) is 33.0 Å². The van der Waals surface area contributed by atoms with Gasteiger partial charge in [-0.2, -0.15) is 0 Å². The predicted molar refractivity (Wildman–Crippen MR) is 125 cm³/mol. The second-order valence-electron chi connectivity index (χ2n) is 8.43. The minimum atomic E-state index is -3.16. The summed E-state index contributed by atoms with van der Waals surface area (Å²) in [4.78, 5) is 31.1. The van der Waals surface area contributed by atoms with Crippen LogP contribution in [0, 0.1) is 5.92 Å². The predicted octanol–water partition coefficient (Wildman–Crippen LogP) is 2.68. The molecule has 0 saturated carbocycles. The van der Waals surface area contributed by atoms with E-state index in [2.05, 4.69) is 15.6 Å². The van der Waals surface area contributed by atoms with E-state index < -0.39 is 10.0 Å². The molecule has 2 aromatic rings. The normalized spacial score (nSPS) is 17.5. The van der Waals surface area contributed by atoms with Gasteiger partial charge in [-0.1, -0.05) is 0 Å². The monoisotopic (exact) mass is 476 g/mol. The Bertz CT molecular complexity index is 1090. The molecular weight excluding hydrogens is 448 g/mol. The summed E-state index contributed by atoms with van der Waals surface area (Å²) in [6.45, 7) is 1.47. The first-order chi connectivity index (χ1) is 15.3. The number of nitrogens with one attached hydrogen (secondary N) is 2. The lowest BCUT2D eigenvalue weighted by atomic mass is 9.94. The van der Waals surface area contributed by atoms with Crippen molar-refractivity contribution in [3.05, 3.63) is 46.1 Å². The average molecular weight is 477 g/mol. The molecule has 0 aromatic carbocycles. The zero-order valence-corrected chi connectivity index (χ0v) is 19.7. The van der Waals surface area contributed by atoms with Crippen LogP contribution in [0.5, 0.6) is 0 Å². The van der Waals surface area contributed by atoms with Gasteiger partial charge in [0.25, 0.3) is 11.8 Å². The third-order valence-corrected chi connectivity index (χ3v) is 8.65. The fourth-order valence-electron chi connectivity index (χ4n) is 4.34. The number of piperidine rings is 1. The molecule has 1 fully saturated rings. The number of aromatic nitrogens is 1. The Morgan fingerprint density at radius 2 is 1.94 bits per heavy atom. The van der Waals surface area contributed by atoms with Crippen LogP contribution in [0.3, 0.4) is 0 Å². The number of nitrogens with zero attached hydrogens (tertiary/aromatic N) is 2. The molecule has 0 bridgehead atoms. The Morgan fingerprint density at radius 1 is 1.19 bits per heavy atom. The SMILES string of the molecule is CS(=O)(=O)N1CCC(CNC(=O)c2c(NC(=O)c3cccnc3)sc3c2CCCC3)CC1. The highest BCUT2D eigenvalue weighted by molar-refractivity contribution is 7.88. The maximum absolute atomic E-state index is 13.2. The Morgan fingerprint density at radius 3 is 2.62 bits per heavy atom. The summed E-state index contributed by atoms with van der Waals surface area (Å²) in [5.41, 5.74) is 2.07. The molecule has 8 nitrogen and oxygen atoms in total. The van der Waals surface area contributed by atoms with Gasteiger partial charge >= 0.3 is 0 Å². The van der Waals surface area contributed by atoms with E-state index >= 15 is 0 Å². The molecule has 0 spiro atoms. The van der Waals surface area contributed by atoms with E-state index in [9.17, 15) is 18.0 Å². The van der Waals surface area contributed by atoms with Crippen LogP contribution >= 0.6 is 11.3 Å². The smallest absolute Gasteiger partial charge is 0.257 e. The van der Waals surface area contributed by atoms with Crippen LogP contribution < -0.4 is 10.6 Å². The van der Waals surface area contributed by atoms with E-state index in [0.717, 1.165) is 44.1 Å². The molecule has 2 amide bonds. The molecule has 1 aliphatic heterocycles. The van der Waals surface area contributed by atoms with Crippen molar-refractivity contribution < 1.29 is 18.0 Å². The highest BCUT2D eigenvalue weighted by atomic mass is 32.2. The standard InChI is InChI=1S/C22H28N4O4S2/c1-32(29,30)26-11-8-15(9-12-26)13-24-21(28)19-17-6-2-3-7-18(17)31-22(19)25-20(27)16-5-4-10-23-14-16/h4-5,10,14-15H,2-3,6-9,11-13H2,1H3,(H,24,28)(H,25,27). The highest BCUT2D eigenvalue weighted by Crippen LogP contribution is 2.38. The number of anilines is 1. The molecule has 2 aromatic heterocycles. The zero-order chi connectivity index (χ0) is 22.7. The van der Waals surface area contributed by atoms with Gasteiger partial charge in [-0.25, -0.2) is 12.7 Å². The van der Waals surface area contributed by atoms with Gasteiger partial charge in [0.1, 0.15) is 5.00 Å². The van der Waals surface area contributed by atoms with E-state index in [1.807, 2.05) is 0 Å². The van der Waals surface area contributed by atoms with Crippen molar-refractivity contribution in [1.29, 1.82) is 0 Å². The topological polar surface area (TPSA) is 108 Å². The molecule has 0 unspecified atom stereocenters. The van der Waals surface area contributed by atoms with Crippen molar-refractivity contribution >= 4 is 38.2 Å². The van der Waals surface area contributed by atoms with Crippen LogP contribution in [0.1, 0.15) is 56.8 Å². The molecule has 1 saturated heterocycles. The lowest BCUT2D eigenvalue weighted by molar-refractivity contribution is 0.0941. The van der Waals surface area contributed by atoms with Crippen LogP contribution in [0.4, 0.5) is 5.00 Å². The van der Waals surface area contributed by atoms with Crippen molar-refractivity contribution in [2.75, 3.05) is 31.2 Å². The molecule has 4 rings (SSSR count). The maximum Gasteiger partial charge on any atom is 0.257 e. The molecule has 10 heteroatoms. The first kappa shape index (κ1) is 22.9. The van der Waals surface area contributed by atoms with E-state index in [4.69, 9.17) is 0 Å². The number of carbonyl (C=O) groups excluding carboxylic acids is 2. The minimum Gasteiger partial charge on any atom is -0.352 e. The third kappa shape index (κ3) is 5.19. The lowest BCUT2D eigenvalue weighted by Gasteiger charge is -2.30. The van der Waals surface area contributed by atoms with Crippen molar-refractivity contribution in [2.24, 2.45) is 5.92 Å². The molecule has 172 valence electrons. The van der Waals surface area contributed by atoms with Crippen LogP contribution in [-0.2, 0) is 22.9 Å². The average Bonchev–Trinajstić information content (AvgIpc) is 3.15. The summed E-state index contributed by atoms with van der Waals surface area (Å²) < 4.78 is 24.9. The summed E-state index contributed by atoms with van der Waals surface area (Å²) in [6.07, 6.45) is 9.67. The summed E-state index contributed by atoms with van der Waals surface area (Å²) in [7, 11) is -3.16. The second kappa shape index (κ2) is 9.68. The second-order valence-corrected chi connectivity index (χ2v) is 11.5. The first-order valence-electron chi connectivity index (χ1n) is 10.9. The number of hydrogen-bond donors (Lipinski definition) is 2. The molecule has 2 N–H and O–H groups in total. The lowest BCUT2D eigenvalue weighted by Crippen LogP contribution is -2.41. The maximum atomic E-state index is 13.2. The van der Waals surface area contributed by atoms with Crippen LogP contribution in [0.2, 0.25) is 0 Å². The molecule has 1 aliphatic carbocycles. The number of hydrogen-bond acceptors (Lipinski definition) is 6.